The van der Waals surface area contributed by atoms with Crippen molar-refractivity contribution in [3.63, 3.8) is 0 Å². The van der Waals surface area contributed by atoms with Crippen LogP contribution in [0.2, 0.25) is 0 Å². The van der Waals surface area contributed by atoms with Gasteiger partial charge in [0.25, 0.3) is 0 Å². The number of hydrogen-bond donors (Lipinski definition) is 2. The van der Waals surface area contributed by atoms with Crippen molar-refractivity contribution in [2.45, 2.75) is 20.0 Å². The summed E-state index contributed by atoms with van der Waals surface area (Å²) in [6, 6.07) is 6.20. The van der Waals surface area contributed by atoms with Gasteiger partial charge in [-0.3, -0.25) is 4.98 Å². The second-order valence-electron chi connectivity index (χ2n) is 3.33. The molecule has 0 radical (unpaired) electrons. The molecule has 16 heavy (non-hydrogen) atoms. The highest BCUT2D eigenvalue weighted by Crippen LogP contribution is 2.06. The number of pyridine rings is 1. The van der Waals surface area contributed by atoms with E-state index in [2.05, 4.69) is 20.5 Å². The molecule has 0 unspecified atom stereocenters. The van der Waals surface area contributed by atoms with Gasteiger partial charge in [0.1, 0.15) is 0 Å². The van der Waals surface area contributed by atoms with Crippen LogP contribution in [-0.2, 0) is 13.1 Å². The molecule has 2 aromatic heterocycles. The van der Waals surface area contributed by atoms with E-state index in [0.717, 1.165) is 11.4 Å². The van der Waals surface area contributed by atoms with Crippen LogP contribution in [0.3, 0.4) is 0 Å². The molecule has 0 bridgehead atoms. The van der Waals surface area contributed by atoms with Crippen LogP contribution >= 0.6 is 0 Å². The van der Waals surface area contributed by atoms with E-state index in [1.54, 1.807) is 0 Å². The van der Waals surface area contributed by atoms with Gasteiger partial charge in [0.2, 0.25) is 5.89 Å². The SMILES string of the molecule is Cc1cccc(CNc2nnc(CN)o2)n1. The van der Waals surface area contributed by atoms with E-state index >= 15 is 0 Å². The highest BCUT2D eigenvalue weighted by Gasteiger charge is 2.03. The van der Waals surface area contributed by atoms with Crippen LogP contribution in [0.15, 0.2) is 22.6 Å². The quantitative estimate of drug-likeness (QED) is 0.792. The first kappa shape index (κ1) is 10.6. The molecule has 0 saturated heterocycles. The van der Waals surface area contributed by atoms with Crippen LogP contribution in [0, 0.1) is 6.92 Å². The van der Waals surface area contributed by atoms with Crippen molar-refractivity contribution in [3.8, 4) is 0 Å². The fourth-order valence-electron chi connectivity index (χ4n) is 1.27. The van der Waals surface area contributed by atoms with Gasteiger partial charge in [0.15, 0.2) is 0 Å². The molecule has 6 nitrogen and oxygen atoms in total. The number of nitrogens with zero attached hydrogens (tertiary/aromatic N) is 3. The zero-order valence-electron chi connectivity index (χ0n) is 8.97. The summed E-state index contributed by atoms with van der Waals surface area (Å²) in [7, 11) is 0. The van der Waals surface area contributed by atoms with Gasteiger partial charge in [-0.15, -0.1) is 5.10 Å². The van der Waals surface area contributed by atoms with Gasteiger partial charge in [-0.2, -0.15) is 0 Å². The molecule has 3 N–H and O–H groups in total. The van der Waals surface area contributed by atoms with Crippen LogP contribution in [-0.4, -0.2) is 15.2 Å². The summed E-state index contributed by atoms with van der Waals surface area (Å²) in [5.74, 6) is 0.416. The number of aromatic nitrogens is 3. The van der Waals surface area contributed by atoms with E-state index in [-0.39, 0.29) is 6.54 Å². The van der Waals surface area contributed by atoms with Gasteiger partial charge >= 0.3 is 6.01 Å². The molecular formula is C10H13N5O. The molecule has 0 atom stereocenters. The monoisotopic (exact) mass is 219 g/mol. The van der Waals surface area contributed by atoms with Crippen molar-refractivity contribution in [2.75, 3.05) is 5.32 Å². The first-order valence-corrected chi connectivity index (χ1v) is 4.97. The van der Waals surface area contributed by atoms with Gasteiger partial charge in [0.05, 0.1) is 18.8 Å². The summed E-state index contributed by atoms with van der Waals surface area (Å²) < 4.78 is 5.20. The van der Waals surface area contributed by atoms with Gasteiger partial charge < -0.3 is 15.5 Å². The van der Waals surface area contributed by atoms with Crippen molar-refractivity contribution >= 4 is 6.01 Å². The predicted molar refractivity (Wildman–Crippen MR) is 58.5 cm³/mol. The maximum atomic E-state index is 5.35. The molecule has 2 rings (SSSR count). The summed E-state index contributed by atoms with van der Waals surface area (Å²) >= 11 is 0. The Morgan fingerprint density at radius 1 is 1.38 bits per heavy atom. The fraction of sp³-hybridized carbons (Fsp3) is 0.300. The lowest BCUT2D eigenvalue weighted by Crippen LogP contribution is -2.02. The first-order chi connectivity index (χ1) is 7.78. The summed E-state index contributed by atoms with van der Waals surface area (Å²) in [6.07, 6.45) is 0. The van der Waals surface area contributed by atoms with Crippen LogP contribution in [0.5, 0.6) is 0 Å². The molecule has 0 aromatic carbocycles. The predicted octanol–water partition coefficient (Wildman–Crippen LogP) is 0.844. The van der Waals surface area contributed by atoms with E-state index in [9.17, 15) is 0 Å². The Balaban J connectivity index is 1.96. The largest absolute Gasteiger partial charge is 0.407 e. The lowest BCUT2D eigenvalue weighted by Gasteiger charge is -2.01. The molecular weight excluding hydrogens is 206 g/mol. The molecule has 0 aliphatic rings. The second kappa shape index (κ2) is 4.71. The molecule has 0 saturated carbocycles. The Hall–Kier alpha value is -1.95. The molecule has 84 valence electrons. The Morgan fingerprint density at radius 2 is 2.25 bits per heavy atom. The third kappa shape index (κ3) is 2.54. The second-order valence-corrected chi connectivity index (χ2v) is 3.33. The van der Waals surface area contributed by atoms with E-state index in [1.165, 1.54) is 0 Å². The zero-order valence-corrected chi connectivity index (χ0v) is 8.97. The minimum atomic E-state index is 0.247. The number of anilines is 1. The smallest absolute Gasteiger partial charge is 0.315 e. The van der Waals surface area contributed by atoms with Crippen molar-refractivity contribution in [1.82, 2.24) is 15.2 Å². The maximum absolute atomic E-state index is 5.35. The summed E-state index contributed by atoms with van der Waals surface area (Å²) in [6.45, 7) is 2.74. The fourth-order valence-corrected chi connectivity index (χ4v) is 1.27. The highest BCUT2D eigenvalue weighted by atomic mass is 16.4. The Kier molecular flexibility index (Phi) is 3.11. The van der Waals surface area contributed by atoms with Crippen molar-refractivity contribution in [2.24, 2.45) is 5.73 Å². The van der Waals surface area contributed by atoms with Crippen molar-refractivity contribution < 1.29 is 4.42 Å². The summed E-state index contributed by atoms with van der Waals surface area (Å²) in [5, 5.41) is 10.5. The highest BCUT2D eigenvalue weighted by molar-refractivity contribution is 5.20. The number of aryl methyl sites for hydroxylation is 1. The Morgan fingerprint density at radius 3 is 2.94 bits per heavy atom. The average Bonchev–Trinajstić information content (AvgIpc) is 2.74. The van der Waals surface area contributed by atoms with Gasteiger partial charge in [0, 0.05) is 5.69 Å². The van der Waals surface area contributed by atoms with Crippen molar-refractivity contribution in [1.29, 1.82) is 0 Å². The standard InChI is InChI=1S/C10H13N5O/c1-7-3-2-4-8(13-7)6-12-10-15-14-9(5-11)16-10/h2-4H,5-6,11H2,1H3,(H,12,15). The number of rotatable bonds is 4. The topological polar surface area (TPSA) is 89.9 Å². The summed E-state index contributed by atoms with van der Waals surface area (Å²) in [4.78, 5) is 4.34. The van der Waals surface area contributed by atoms with E-state index in [0.29, 0.717) is 18.5 Å². The molecule has 2 aromatic rings. The van der Waals surface area contributed by atoms with Gasteiger partial charge in [-0.25, -0.2) is 0 Å². The third-order valence-electron chi connectivity index (χ3n) is 2.01. The summed E-state index contributed by atoms with van der Waals surface area (Å²) in [5.41, 5.74) is 7.26. The molecule has 0 aliphatic carbocycles. The average molecular weight is 219 g/mol. The van der Waals surface area contributed by atoms with E-state index < -0.39 is 0 Å². The molecule has 0 spiro atoms. The minimum absolute atomic E-state index is 0.247. The molecule has 0 fully saturated rings. The normalized spacial score (nSPS) is 10.4. The molecule has 2 heterocycles. The van der Waals surface area contributed by atoms with Crippen LogP contribution in [0.25, 0.3) is 0 Å². The van der Waals surface area contributed by atoms with Crippen molar-refractivity contribution in [3.05, 3.63) is 35.5 Å². The number of nitrogens with one attached hydrogen (secondary N) is 1. The molecule has 0 amide bonds. The molecule has 0 aliphatic heterocycles. The lowest BCUT2D eigenvalue weighted by molar-refractivity contribution is 0.507. The van der Waals surface area contributed by atoms with Crippen LogP contribution in [0.1, 0.15) is 17.3 Å². The lowest BCUT2D eigenvalue weighted by atomic mass is 10.3. The Labute approximate surface area is 92.9 Å². The zero-order chi connectivity index (χ0) is 11.4. The Bertz CT molecular complexity index is 468. The molecule has 6 heteroatoms. The number of hydrogen-bond acceptors (Lipinski definition) is 6. The van der Waals surface area contributed by atoms with Crippen LogP contribution < -0.4 is 11.1 Å². The van der Waals surface area contributed by atoms with Gasteiger partial charge in [-0.05, 0) is 19.1 Å². The van der Waals surface area contributed by atoms with Gasteiger partial charge in [-0.1, -0.05) is 11.2 Å². The van der Waals surface area contributed by atoms with E-state index in [1.807, 2.05) is 25.1 Å². The van der Waals surface area contributed by atoms with E-state index in [4.69, 9.17) is 10.2 Å². The third-order valence-corrected chi connectivity index (χ3v) is 2.01. The van der Waals surface area contributed by atoms with Crippen LogP contribution in [0.4, 0.5) is 6.01 Å². The number of nitrogens with two attached hydrogens (primary N) is 1. The minimum Gasteiger partial charge on any atom is -0.407 e. The first-order valence-electron chi connectivity index (χ1n) is 4.97. The maximum Gasteiger partial charge on any atom is 0.315 e.